The molecule has 0 spiro atoms. The van der Waals surface area contributed by atoms with Crippen LogP contribution in [0.4, 0.5) is 14.5 Å². The van der Waals surface area contributed by atoms with Crippen LogP contribution >= 0.6 is 0 Å². The molecular weight excluding hydrogens is 380 g/mol. The standard InChI is InChI=1S/C14H19F2NO6S2/c1-4-8-24(19,20)11(5-2)25(21,22)17-10-7-6-9(15)12(13(10)16)14(18)23-3/h6-7,11,17H,4-5,8H2,1-3H3. The highest BCUT2D eigenvalue weighted by Crippen LogP contribution is 2.25. The maximum absolute atomic E-state index is 14.3. The summed E-state index contributed by atoms with van der Waals surface area (Å²) in [5.41, 5.74) is -1.82. The molecule has 1 rings (SSSR count). The highest BCUT2D eigenvalue weighted by atomic mass is 32.3. The number of halogens is 2. The van der Waals surface area contributed by atoms with Crippen molar-refractivity contribution >= 4 is 31.5 Å². The zero-order valence-corrected chi connectivity index (χ0v) is 15.5. The van der Waals surface area contributed by atoms with Gasteiger partial charge in [-0.15, -0.1) is 0 Å². The molecule has 0 aliphatic carbocycles. The van der Waals surface area contributed by atoms with E-state index in [4.69, 9.17) is 0 Å². The van der Waals surface area contributed by atoms with Crippen molar-refractivity contribution in [3.63, 3.8) is 0 Å². The van der Waals surface area contributed by atoms with Crippen molar-refractivity contribution in [2.45, 2.75) is 31.3 Å². The first-order valence-electron chi connectivity index (χ1n) is 7.31. The molecular formula is C14H19F2NO6S2. The van der Waals surface area contributed by atoms with Crippen LogP contribution in [-0.2, 0) is 24.6 Å². The molecule has 1 atom stereocenters. The summed E-state index contributed by atoms with van der Waals surface area (Å²) in [5, 5.41) is 0. The van der Waals surface area contributed by atoms with Gasteiger partial charge in [0, 0.05) is 0 Å². The fourth-order valence-corrected chi connectivity index (χ4v) is 6.57. The van der Waals surface area contributed by atoms with E-state index in [2.05, 4.69) is 4.74 Å². The molecule has 0 bridgehead atoms. The highest BCUT2D eigenvalue weighted by Gasteiger charge is 2.36. The molecule has 1 N–H and O–H groups in total. The van der Waals surface area contributed by atoms with Crippen LogP contribution in [0.3, 0.4) is 0 Å². The molecule has 7 nitrogen and oxygen atoms in total. The van der Waals surface area contributed by atoms with Crippen molar-refractivity contribution in [1.82, 2.24) is 0 Å². The number of anilines is 1. The van der Waals surface area contributed by atoms with E-state index in [0.717, 1.165) is 13.2 Å². The van der Waals surface area contributed by atoms with E-state index in [1.807, 2.05) is 0 Å². The summed E-state index contributed by atoms with van der Waals surface area (Å²) < 4.78 is 81.1. The second-order valence-corrected chi connectivity index (χ2v) is 9.59. The number of ether oxygens (including phenoxy) is 1. The second-order valence-electron chi connectivity index (χ2n) is 5.13. The Labute approximate surface area is 145 Å². The van der Waals surface area contributed by atoms with Crippen LogP contribution < -0.4 is 4.72 Å². The van der Waals surface area contributed by atoms with Gasteiger partial charge in [-0.2, -0.15) is 0 Å². The molecule has 142 valence electrons. The summed E-state index contributed by atoms with van der Waals surface area (Å²) in [7, 11) is -7.63. The van der Waals surface area contributed by atoms with Crippen LogP contribution in [0.5, 0.6) is 0 Å². The molecule has 0 aliphatic heterocycles. The normalized spacial score (nSPS) is 13.3. The SMILES string of the molecule is CCCS(=O)(=O)C(CC)S(=O)(=O)Nc1ccc(F)c(C(=O)OC)c1F. The molecule has 1 unspecified atom stereocenters. The van der Waals surface area contributed by atoms with Crippen LogP contribution in [0.25, 0.3) is 0 Å². The van der Waals surface area contributed by atoms with E-state index in [0.29, 0.717) is 6.07 Å². The molecule has 0 fully saturated rings. The third-order valence-electron chi connectivity index (χ3n) is 3.30. The van der Waals surface area contributed by atoms with E-state index in [1.54, 1.807) is 11.6 Å². The van der Waals surface area contributed by atoms with Gasteiger partial charge in [0.15, 0.2) is 20.2 Å². The van der Waals surface area contributed by atoms with Crippen LogP contribution in [-0.4, -0.2) is 40.2 Å². The van der Waals surface area contributed by atoms with Gasteiger partial charge in [0.1, 0.15) is 11.4 Å². The maximum atomic E-state index is 14.3. The summed E-state index contributed by atoms with van der Waals surface area (Å²) in [4.78, 5) is 11.4. The Morgan fingerprint density at radius 3 is 2.28 bits per heavy atom. The van der Waals surface area contributed by atoms with Gasteiger partial charge in [-0.1, -0.05) is 13.8 Å². The molecule has 0 aromatic heterocycles. The fraction of sp³-hybridized carbons (Fsp3) is 0.500. The first-order chi connectivity index (χ1) is 11.5. The molecule has 0 aliphatic rings. The number of sulfone groups is 1. The Morgan fingerprint density at radius 1 is 1.20 bits per heavy atom. The number of sulfonamides is 1. The summed E-state index contributed by atoms with van der Waals surface area (Å²) in [6, 6.07) is 1.43. The largest absolute Gasteiger partial charge is 0.465 e. The summed E-state index contributed by atoms with van der Waals surface area (Å²) in [5.74, 6) is -4.41. The fourth-order valence-electron chi connectivity index (χ4n) is 2.22. The van der Waals surface area contributed by atoms with E-state index in [1.165, 1.54) is 6.92 Å². The zero-order valence-electron chi connectivity index (χ0n) is 13.9. The Balaban J connectivity index is 3.35. The molecule has 0 heterocycles. The monoisotopic (exact) mass is 399 g/mol. The summed E-state index contributed by atoms with van der Waals surface area (Å²) in [6.45, 7) is 2.94. The number of benzene rings is 1. The van der Waals surface area contributed by atoms with E-state index in [-0.39, 0.29) is 18.6 Å². The maximum Gasteiger partial charge on any atom is 0.343 e. The first kappa shape index (κ1) is 21.3. The van der Waals surface area contributed by atoms with E-state index < -0.39 is 53.3 Å². The number of carbonyl (C=O) groups excluding carboxylic acids is 1. The molecule has 0 radical (unpaired) electrons. The van der Waals surface area contributed by atoms with Gasteiger partial charge in [0.05, 0.1) is 18.6 Å². The third-order valence-corrected chi connectivity index (χ3v) is 8.58. The van der Waals surface area contributed by atoms with Gasteiger partial charge in [-0.05, 0) is 25.0 Å². The third kappa shape index (κ3) is 4.66. The van der Waals surface area contributed by atoms with Crippen LogP contribution in [0, 0.1) is 11.6 Å². The topological polar surface area (TPSA) is 107 Å². The van der Waals surface area contributed by atoms with Crippen molar-refractivity contribution < 1.29 is 35.1 Å². The Hall–Kier alpha value is -1.75. The van der Waals surface area contributed by atoms with Crippen LogP contribution in [0.2, 0.25) is 0 Å². The number of nitrogens with one attached hydrogen (secondary N) is 1. The predicted molar refractivity (Wildman–Crippen MR) is 88.4 cm³/mol. The minimum Gasteiger partial charge on any atom is -0.465 e. The van der Waals surface area contributed by atoms with Crippen molar-refractivity contribution in [2.24, 2.45) is 0 Å². The van der Waals surface area contributed by atoms with Crippen molar-refractivity contribution in [1.29, 1.82) is 0 Å². The molecule has 1 aromatic carbocycles. The average Bonchev–Trinajstić information content (AvgIpc) is 2.49. The number of hydrogen-bond donors (Lipinski definition) is 1. The molecule has 1 aromatic rings. The lowest BCUT2D eigenvalue weighted by atomic mass is 10.2. The predicted octanol–water partition coefficient (Wildman–Crippen LogP) is 2.05. The minimum atomic E-state index is -4.54. The smallest absolute Gasteiger partial charge is 0.343 e. The average molecular weight is 399 g/mol. The molecule has 0 saturated heterocycles. The zero-order chi connectivity index (χ0) is 19.4. The molecule has 25 heavy (non-hydrogen) atoms. The molecule has 0 saturated carbocycles. The number of rotatable bonds is 8. The number of carbonyl (C=O) groups is 1. The van der Waals surface area contributed by atoms with Crippen molar-refractivity contribution in [2.75, 3.05) is 17.6 Å². The summed E-state index contributed by atoms with van der Waals surface area (Å²) >= 11 is 0. The van der Waals surface area contributed by atoms with Crippen molar-refractivity contribution in [3.05, 3.63) is 29.3 Å². The van der Waals surface area contributed by atoms with E-state index in [9.17, 15) is 30.4 Å². The minimum absolute atomic E-state index is 0.214. The second kappa shape index (κ2) is 8.09. The van der Waals surface area contributed by atoms with Crippen molar-refractivity contribution in [3.8, 4) is 0 Å². The van der Waals surface area contributed by atoms with Gasteiger partial charge in [-0.3, -0.25) is 4.72 Å². The first-order valence-corrected chi connectivity index (χ1v) is 10.6. The molecule has 11 heteroatoms. The lowest BCUT2D eigenvalue weighted by Crippen LogP contribution is -2.36. The number of esters is 1. The van der Waals surface area contributed by atoms with Gasteiger partial charge in [0.25, 0.3) is 0 Å². The number of methoxy groups -OCH3 is 1. The van der Waals surface area contributed by atoms with Gasteiger partial charge < -0.3 is 4.74 Å². The quantitative estimate of drug-likeness (QED) is 0.671. The highest BCUT2D eigenvalue weighted by molar-refractivity contribution is 8.09. The van der Waals surface area contributed by atoms with Crippen LogP contribution in [0.15, 0.2) is 12.1 Å². The number of hydrogen-bond acceptors (Lipinski definition) is 6. The Morgan fingerprint density at radius 2 is 1.80 bits per heavy atom. The van der Waals surface area contributed by atoms with Gasteiger partial charge >= 0.3 is 5.97 Å². The Kier molecular flexibility index (Phi) is 6.89. The van der Waals surface area contributed by atoms with Gasteiger partial charge in [0.2, 0.25) is 10.0 Å². The Bertz CT molecular complexity index is 852. The summed E-state index contributed by atoms with van der Waals surface area (Å²) in [6.07, 6.45) is -0.0455. The van der Waals surface area contributed by atoms with E-state index >= 15 is 0 Å². The van der Waals surface area contributed by atoms with Gasteiger partial charge in [-0.25, -0.2) is 30.4 Å². The van der Waals surface area contributed by atoms with Crippen LogP contribution in [0.1, 0.15) is 37.0 Å². The lowest BCUT2D eigenvalue weighted by molar-refractivity contribution is 0.0590. The lowest BCUT2D eigenvalue weighted by Gasteiger charge is -2.18. The molecule has 0 amide bonds.